The number of rotatable bonds is 9. The van der Waals surface area contributed by atoms with Crippen LogP contribution in [0.4, 0.5) is 0 Å². The largest absolute Gasteiger partial charge is 0.490 e. The Morgan fingerprint density at radius 1 is 0.857 bits per heavy atom. The number of nitrogens with zero attached hydrogens (tertiary/aromatic N) is 1. The zero-order valence-electron chi connectivity index (χ0n) is 15.6. The third kappa shape index (κ3) is 5.61. The van der Waals surface area contributed by atoms with E-state index in [-0.39, 0.29) is 6.61 Å². The van der Waals surface area contributed by atoms with Gasteiger partial charge in [0.15, 0.2) is 11.5 Å². The molecule has 0 aliphatic rings. The molecule has 0 amide bonds. The Hall–Kier alpha value is -2.27. The van der Waals surface area contributed by atoms with Crippen molar-refractivity contribution in [3.8, 4) is 11.5 Å². The molecule has 6 heteroatoms. The van der Waals surface area contributed by atoms with Crippen LogP contribution < -0.4 is 14.8 Å². The molecule has 2 aromatic carbocycles. The highest BCUT2D eigenvalue weighted by Crippen LogP contribution is 2.31. The second-order valence-electron chi connectivity index (χ2n) is 6.16. The van der Waals surface area contributed by atoms with Gasteiger partial charge in [-0.25, -0.2) is 0 Å². The first kappa shape index (κ1) is 20.5. The van der Waals surface area contributed by atoms with Crippen LogP contribution in [0.25, 0.3) is 0 Å². The molecule has 0 aliphatic heterocycles. The SMILES string of the molecule is CCOc1cc(CNCc2ccncc2)ccc1OCc1c(Cl)cccc1Cl. The highest BCUT2D eigenvalue weighted by molar-refractivity contribution is 6.35. The number of nitrogens with one attached hydrogen (secondary N) is 1. The average Bonchev–Trinajstić information content (AvgIpc) is 2.70. The van der Waals surface area contributed by atoms with Crippen LogP contribution in [0.3, 0.4) is 0 Å². The first-order valence-electron chi connectivity index (χ1n) is 9.08. The minimum Gasteiger partial charge on any atom is -0.490 e. The Kier molecular flexibility index (Phi) is 7.54. The Balaban J connectivity index is 1.65. The standard InChI is InChI=1S/C22H22Cl2N2O2/c1-2-27-22-12-17(14-26-13-16-8-10-25-11-9-16)6-7-21(22)28-15-18-19(23)4-3-5-20(18)24/h3-12,26H,2,13-15H2,1H3. The molecular formula is C22H22Cl2N2O2. The Labute approximate surface area is 175 Å². The van der Waals surface area contributed by atoms with E-state index in [0.717, 1.165) is 24.2 Å². The van der Waals surface area contributed by atoms with Gasteiger partial charge in [-0.1, -0.05) is 35.3 Å². The van der Waals surface area contributed by atoms with Gasteiger partial charge < -0.3 is 14.8 Å². The molecule has 4 nitrogen and oxygen atoms in total. The topological polar surface area (TPSA) is 43.4 Å². The van der Waals surface area contributed by atoms with E-state index in [9.17, 15) is 0 Å². The summed E-state index contributed by atoms with van der Waals surface area (Å²) >= 11 is 12.4. The molecule has 1 N–H and O–H groups in total. The normalized spacial score (nSPS) is 10.7. The molecule has 3 rings (SSSR count). The quantitative estimate of drug-likeness (QED) is 0.488. The summed E-state index contributed by atoms with van der Waals surface area (Å²) in [7, 11) is 0. The minimum absolute atomic E-state index is 0.276. The summed E-state index contributed by atoms with van der Waals surface area (Å²) in [5, 5.41) is 4.59. The molecule has 28 heavy (non-hydrogen) atoms. The van der Waals surface area contributed by atoms with Crippen LogP contribution >= 0.6 is 23.2 Å². The number of pyridine rings is 1. The second kappa shape index (κ2) is 10.3. The van der Waals surface area contributed by atoms with Crippen LogP contribution in [0.5, 0.6) is 11.5 Å². The predicted molar refractivity (Wildman–Crippen MR) is 113 cm³/mol. The molecule has 0 atom stereocenters. The maximum Gasteiger partial charge on any atom is 0.161 e. The van der Waals surface area contributed by atoms with Crippen molar-refractivity contribution in [2.45, 2.75) is 26.6 Å². The molecule has 0 fully saturated rings. The Bertz CT molecular complexity index is 884. The summed E-state index contributed by atoms with van der Waals surface area (Å²) in [6.45, 7) is 4.27. The van der Waals surface area contributed by atoms with Crippen molar-refractivity contribution in [3.05, 3.63) is 87.7 Å². The van der Waals surface area contributed by atoms with Gasteiger partial charge in [0.25, 0.3) is 0 Å². The summed E-state index contributed by atoms with van der Waals surface area (Å²) in [5.41, 5.74) is 3.06. The van der Waals surface area contributed by atoms with E-state index in [1.54, 1.807) is 24.5 Å². The van der Waals surface area contributed by atoms with Gasteiger partial charge in [-0.15, -0.1) is 0 Å². The summed E-state index contributed by atoms with van der Waals surface area (Å²) < 4.78 is 11.7. The van der Waals surface area contributed by atoms with Crippen molar-refractivity contribution in [2.75, 3.05) is 6.61 Å². The van der Waals surface area contributed by atoms with E-state index >= 15 is 0 Å². The summed E-state index contributed by atoms with van der Waals surface area (Å²) in [6, 6.07) is 15.3. The van der Waals surface area contributed by atoms with Gasteiger partial charge in [0, 0.05) is 41.1 Å². The molecule has 0 spiro atoms. The van der Waals surface area contributed by atoms with E-state index in [1.165, 1.54) is 5.56 Å². The van der Waals surface area contributed by atoms with Crippen molar-refractivity contribution in [1.29, 1.82) is 0 Å². The van der Waals surface area contributed by atoms with E-state index < -0.39 is 0 Å². The second-order valence-corrected chi connectivity index (χ2v) is 6.98. The van der Waals surface area contributed by atoms with Gasteiger partial charge >= 0.3 is 0 Å². The van der Waals surface area contributed by atoms with Gasteiger partial charge in [0.2, 0.25) is 0 Å². The van der Waals surface area contributed by atoms with Gasteiger partial charge in [0.1, 0.15) is 6.61 Å². The molecule has 0 saturated carbocycles. The number of hydrogen-bond acceptors (Lipinski definition) is 4. The van der Waals surface area contributed by atoms with Gasteiger partial charge in [-0.2, -0.15) is 0 Å². The van der Waals surface area contributed by atoms with E-state index in [4.69, 9.17) is 32.7 Å². The maximum absolute atomic E-state index is 6.22. The zero-order valence-corrected chi connectivity index (χ0v) is 17.1. The zero-order chi connectivity index (χ0) is 19.8. The molecule has 0 radical (unpaired) electrons. The van der Waals surface area contributed by atoms with Crippen LogP contribution in [0, 0.1) is 0 Å². The summed E-state index contributed by atoms with van der Waals surface area (Å²) in [6.07, 6.45) is 3.59. The molecule has 146 valence electrons. The van der Waals surface area contributed by atoms with Crippen LogP contribution in [0.15, 0.2) is 60.9 Å². The number of aromatic nitrogens is 1. The molecule has 0 unspecified atom stereocenters. The summed E-state index contributed by atoms with van der Waals surface area (Å²) in [4.78, 5) is 4.03. The first-order chi connectivity index (χ1) is 13.7. The van der Waals surface area contributed by atoms with E-state index in [0.29, 0.717) is 28.2 Å². The molecule has 3 aromatic rings. The Morgan fingerprint density at radius 2 is 1.57 bits per heavy atom. The van der Waals surface area contributed by atoms with Crippen molar-refractivity contribution in [3.63, 3.8) is 0 Å². The lowest BCUT2D eigenvalue weighted by molar-refractivity contribution is 0.269. The molecule has 1 heterocycles. The number of benzene rings is 2. The smallest absolute Gasteiger partial charge is 0.161 e. The fraction of sp³-hybridized carbons (Fsp3) is 0.227. The summed E-state index contributed by atoms with van der Waals surface area (Å²) in [5.74, 6) is 1.37. The van der Waals surface area contributed by atoms with Crippen LogP contribution in [-0.2, 0) is 19.7 Å². The maximum atomic E-state index is 6.22. The van der Waals surface area contributed by atoms with Crippen molar-refractivity contribution in [2.24, 2.45) is 0 Å². The van der Waals surface area contributed by atoms with Crippen LogP contribution in [0.2, 0.25) is 10.0 Å². The van der Waals surface area contributed by atoms with Crippen molar-refractivity contribution < 1.29 is 9.47 Å². The van der Waals surface area contributed by atoms with E-state index in [1.807, 2.05) is 43.3 Å². The number of ether oxygens (including phenoxy) is 2. The lowest BCUT2D eigenvalue weighted by atomic mass is 10.2. The van der Waals surface area contributed by atoms with Crippen molar-refractivity contribution in [1.82, 2.24) is 10.3 Å². The fourth-order valence-electron chi connectivity index (χ4n) is 2.72. The molecule has 0 aliphatic carbocycles. The number of hydrogen-bond donors (Lipinski definition) is 1. The highest BCUT2D eigenvalue weighted by Gasteiger charge is 2.10. The molecule has 1 aromatic heterocycles. The van der Waals surface area contributed by atoms with Crippen molar-refractivity contribution >= 4 is 23.2 Å². The highest BCUT2D eigenvalue weighted by atomic mass is 35.5. The monoisotopic (exact) mass is 416 g/mol. The lowest BCUT2D eigenvalue weighted by Gasteiger charge is -2.15. The minimum atomic E-state index is 0.276. The average molecular weight is 417 g/mol. The predicted octanol–water partition coefficient (Wildman–Crippen LogP) is 5.66. The lowest BCUT2D eigenvalue weighted by Crippen LogP contribution is -2.13. The van der Waals surface area contributed by atoms with Gasteiger partial charge in [0.05, 0.1) is 6.61 Å². The first-order valence-corrected chi connectivity index (χ1v) is 9.84. The third-order valence-electron chi connectivity index (χ3n) is 4.15. The van der Waals surface area contributed by atoms with Crippen LogP contribution in [-0.4, -0.2) is 11.6 Å². The number of halogens is 2. The fourth-order valence-corrected chi connectivity index (χ4v) is 3.23. The van der Waals surface area contributed by atoms with E-state index in [2.05, 4.69) is 10.3 Å². The molecule has 0 bridgehead atoms. The van der Waals surface area contributed by atoms with Gasteiger partial charge in [-0.05, 0) is 54.4 Å². The van der Waals surface area contributed by atoms with Gasteiger partial charge in [-0.3, -0.25) is 4.98 Å². The molecular weight excluding hydrogens is 395 g/mol. The molecule has 0 saturated heterocycles. The van der Waals surface area contributed by atoms with Crippen LogP contribution in [0.1, 0.15) is 23.6 Å². The third-order valence-corrected chi connectivity index (χ3v) is 4.86. The Morgan fingerprint density at radius 3 is 2.29 bits per heavy atom.